The Labute approximate surface area is 213 Å². The highest BCUT2D eigenvalue weighted by atomic mass is 19.1. The molecular weight excluding hydrogens is 475 g/mol. The Bertz CT molecular complexity index is 1450. The molecule has 0 N–H and O–H groups in total. The molecule has 7 nitrogen and oxygen atoms in total. The quantitative estimate of drug-likeness (QED) is 0.325. The predicted octanol–water partition coefficient (Wildman–Crippen LogP) is 5.47. The van der Waals surface area contributed by atoms with Crippen molar-refractivity contribution in [3.8, 4) is 0 Å². The lowest BCUT2D eigenvalue weighted by atomic mass is 10.1. The highest BCUT2D eigenvalue weighted by Gasteiger charge is 2.40. The van der Waals surface area contributed by atoms with Crippen LogP contribution in [0.15, 0.2) is 67.0 Å². The van der Waals surface area contributed by atoms with Crippen LogP contribution < -0.4 is 0 Å². The van der Waals surface area contributed by atoms with E-state index < -0.39 is 36.2 Å². The fourth-order valence-corrected chi connectivity index (χ4v) is 4.44. The van der Waals surface area contributed by atoms with E-state index in [-0.39, 0.29) is 13.0 Å². The Balaban J connectivity index is 1.37. The summed E-state index contributed by atoms with van der Waals surface area (Å²) in [5.74, 6) is -1.44. The van der Waals surface area contributed by atoms with Crippen molar-refractivity contribution in [1.82, 2.24) is 9.55 Å². The number of imidazole rings is 1. The van der Waals surface area contributed by atoms with Gasteiger partial charge in [0.15, 0.2) is 0 Å². The summed E-state index contributed by atoms with van der Waals surface area (Å²) in [5, 5.41) is 0. The molecule has 0 spiro atoms. The molecule has 0 unspecified atom stereocenters. The number of esters is 2. The molecule has 0 saturated carbocycles. The van der Waals surface area contributed by atoms with Crippen molar-refractivity contribution in [3.63, 3.8) is 0 Å². The second kappa shape index (κ2) is 10.1. The van der Waals surface area contributed by atoms with Gasteiger partial charge in [-0.3, -0.25) is 0 Å². The molecule has 1 aliphatic rings. The molecule has 0 amide bonds. The Morgan fingerprint density at radius 1 is 0.946 bits per heavy atom. The van der Waals surface area contributed by atoms with E-state index in [0.717, 1.165) is 16.7 Å². The molecule has 37 heavy (non-hydrogen) atoms. The van der Waals surface area contributed by atoms with E-state index in [1.54, 1.807) is 41.8 Å². The number of aromatic nitrogens is 2. The Morgan fingerprint density at radius 3 is 2.22 bits per heavy atom. The molecule has 2 heterocycles. The maximum absolute atomic E-state index is 14.9. The van der Waals surface area contributed by atoms with Gasteiger partial charge in [0.1, 0.15) is 36.4 Å². The first-order valence-corrected chi connectivity index (χ1v) is 12.1. The molecule has 0 aliphatic carbocycles. The van der Waals surface area contributed by atoms with E-state index in [0.29, 0.717) is 22.2 Å². The zero-order chi connectivity index (χ0) is 26.1. The third-order valence-corrected chi connectivity index (χ3v) is 6.47. The van der Waals surface area contributed by atoms with Crippen molar-refractivity contribution in [2.75, 3.05) is 6.61 Å². The van der Waals surface area contributed by atoms with Crippen LogP contribution in [-0.2, 0) is 14.2 Å². The second-order valence-electron chi connectivity index (χ2n) is 9.41. The zero-order valence-corrected chi connectivity index (χ0v) is 20.8. The largest absolute Gasteiger partial charge is 0.459 e. The van der Waals surface area contributed by atoms with Crippen LogP contribution in [-0.4, -0.2) is 40.3 Å². The molecule has 5 rings (SSSR count). The summed E-state index contributed by atoms with van der Waals surface area (Å²) in [4.78, 5) is 29.8. The maximum atomic E-state index is 14.9. The van der Waals surface area contributed by atoms with Crippen LogP contribution in [0.1, 0.15) is 50.1 Å². The van der Waals surface area contributed by atoms with Gasteiger partial charge in [-0.15, -0.1) is 0 Å². The summed E-state index contributed by atoms with van der Waals surface area (Å²) < 4.78 is 34.0. The van der Waals surface area contributed by atoms with Gasteiger partial charge in [0, 0.05) is 6.42 Å². The van der Waals surface area contributed by atoms with E-state index in [4.69, 9.17) is 14.2 Å². The molecule has 3 aromatic carbocycles. The van der Waals surface area contributed by atoms with Crippen LogP contribution >= 0.6 is 0 Å². The van der Waals surface area contributed by atoms with E-state index in [1.807, 2.05) is 38.1 Å². The van der Waals surface area contributed by atoms with Crippen LogP contribution in [0.2, 0.25) is 0 Å². The smallest absolute Gasteiger partial charge is 0.338 e. The monoisotopic (exact) mass is 502 g/mol. The van der Waals surface area contributed by atoms with Crippen LogP contribution in [0.25, 0.3) is 11.0 Å². The van der Waals surface area contributed by atoms with E-state index in [1.165, 1.54) is 12.4 Å². The average molecular weight is 503 g/mol. The van der Waals surface area contributed by atoms with Crippen molar-refractivity contribution in [2.24, 2.45) is 0 Å². The highest BCUT2D eigenvalue weighted by molar-refractivity contribution is 5.90. The molecular formula is C29H27FN2O5. The third-order valence-electron chi connectivity index (χ3n) is 6.47. The number of carbonyl (C=O) groups is 2. The first-order chi connectivity index (χ1) is 17.8. The summed E-state index contributed by atoms with van der Waals surface area (Å²) in [5.41, 5.74) is 4.42. The van der Waals surface area contributed by atoms with Crippen molar-refractivity contribution in [3.05, 3.63) is 101 Å². The molecule has 0 radical (unpaired) electrons. The molecule has 1 fully saturated rings. The molecule has 0 bridgehead atoms. The number of carbonyl (C=O) groups excluding carboxylic acids is 2. The Hall–Kier alpha value is -4.04. The van der Waals surface area contributed by atoms with E-state index >= 15 is 0 Å². The number of aryl methyl sites for hydroxylation is 3. The van der Waals surface area contributed by atoms with Gasteiger partial charge in [-0.25, -0.2) is 19.0 Å². The molecule has 1 aliphatic heterocycles. The average Bonchev–Trinajstić information content (AvgIpc) is 3.47. The molecule has 3 atom stereocenters. The first-order valence-electron chi connectivity index (χ1n) is 12.1. The first kappa shape index (κ1) is 24.6. The fraction of sp³-hybridized carbons (Fsp3) is 0.276. The lowest BCUT2D eigenvalue weighted by Gasteiger charge is -2.19. The van der Waals surface area contributed by atoms with Crippen LogP contribution in [0, 0.1) is 26.6 Å². The molecule has 1 saturated heterocycles. The Morgan fingerprint density at radius 2 is 1.57 bits per heavy atom. The van der Waals surface area contributed by atoms with Gasteiger partial charge in [-0.05, 0) is 62.7 Å². The SMILES string of the molecule is Cc1ccc(C(=O)OC[C@H]2O[C@@H](n3cnc4cc(C)cc(F)c43)C[C@@H]2OC(=O)c2ccc(C)cc2)cc1. The normalized spacial score (nSPS) is 19.2. The number of hydrogen-bond acceptors (Lipinski definition) is 6. The standard InChI is InChI=1S/C29H27FN2O5/c1-17-4-8-20(9-5-17)28(33)35-15-25-24(37-29(34)21-10-6-18(2)7-11-21)14-26(36-25)32-16-31-23-13-19(3)12-22(30)27(23)32/h4-13,16,24-26H,14-15H2,1-3H3/t24-,25+,26+/m0/s1. The molecule has 8 heteroatoms. The van der Waals surface area contributed by atoms with Crippen molar-refractivity contribution in [1.29, 1.82) is 0 Å². The third kappa shape index (κ3) is 5.24. The predicted molar refractivity (Wildman–Crippen MR) is 135 cm³/mol. The Kier molecular flexibility index (Phi) is 6.76. The van der Waals surface area contributed by atoms with Gasteiger partial charge in [0.2, 0.25) is 0 Å². The highest BCUT2D eigenvalue weighted by Crippen LogP contribution is 2.35. The minimum absolute atomic E-state index is 0.136. The van der Waals surface area contributed by atoms with Crippen molar-refractivity contribution in [2.45, 2.75) is 45.6 Å². The molecule has 1 aromatic heterocycles. The summed E-state index contributed by atoms with van der Waals surface area (Å²) in [6.45, 7) is 5.52. The number of halogens is 1. The molecule has 4 aromatic rings. The van der Waals surface area contributed by atoms with Crippen LogP contribution in [0.3, 0.4) is 0 Å². The maximum Gasteiger partial charge on any atom is 0.338 e. The van der Waals surface area contributed by atoms with Gasteiger partial charge in [-0.2, -0.15) is 0 Å². The topological polar surface area (TPSA) is 79.7 Å². The fourth-order valence-electron chi connectivity index (χ4n) is 4.44. The number of nitrogens with zero attached hydrogens (tertiary/aromatic N) is 2. The van der Waals surface area contributed by atoms with E-state index in [9.17, 15) is 14.0 Å². The summed E-state index contributed by atoms with van der Waals surface area (Å²) in [6.07, 6.45) is -0.392. The minimum Gasteiger partial charge on any atom is -0.459 e. The zero-order valence-electron chi connectivity index (χ0n) is 20.8. The molecule has 190 valence electrons. The van der Waals surface area contributed by atoms with Gasteiger partial charge in [0.05, 0.1) is 23.0 Å². The number of fused-ring (bicyclic) bond motifs is 1. The minimum atomic E-state index is -0.750. The summed E-state index contributed by atoms with van der Waals surface area (Å²) in [6, 6.07) is 17.3. The van der Waals surface area contributed by atoms with E-state index in [2.05, 4.69) is 4.98 Å². The number of benzene rings is 3. The van der Waals surface area contributed by atoms with Crippen molar-refractivity contribution >= 4 is 23.0 Å². The van der Waals surface area contributed by atoms with Crippen LogP contribution in [0.5, 0.6) is 0 Å². The lowest BCUT2D eigenvalue weighted by molar-refractivity contribution is -0.0563. The summed E-state index contributed by atoms with van der Waals surface area (Å²) in [7, 11) is 0. The van der Waals surface area contributed by atoms with Gasteiger partial charge < -0.3 is 18.8 Å². The second-order valence-corrected chi connectivity index (χ2v) is 9.41. The van der Waals surface area contributed by atoms with Crippen molar-refractivity contribution < 1.29 is 28.2 Å². The van der Waals surface area contributed by atoms with Gasteiger partial charge in [-0.1, -0.05) is 35.4 Å². The van der Waals surface area contributed by atoms with Gasteiger partial charge in [0.25, 0.3) is 0 Å². The number of ether oxygens (including phenoxy) is 3. The number of rotatable bonds is 6. The number of hydrogen-bond donors (Lipinski definition) is 0. The van der Waals surface area contributed by atoms with Gasteiger partial charge >= 0.3 is 11.9 Å². The lowest BCUT2D eigenvalue weighted by Crippen LogP contribution is -2.32. The van der Waals surface area contributed by atoms with Crippen LogP contribution in [0.4, 0.5) is 4.39 Å². The summed E-state index contributed by atoms with van der Waals surface area (Å²) >= 11 is 0.